The molecule has 0 amide bonds. The molecule has 0 spiro atoms. The lowest BCUT2D eigenvalue weighted by Gasteiger charge is -2.11. The van der Waals surface area contributed by atoms with Crippen LogP contribution >= 0.6 is 0 Å². The summed E-state index contributed by atoms with van der Waals surface area (Å²) in [4.78, 5) is 0. The summed E-state index contributed by atoms with van der Waals surface area (Å²) in [7, 11) is 0. The van der Waals surface area contributed by atoms with E-state index in [0.29, 0.717) is 6.61 Å². The Morgan fingerprint density at radius 2 is 2.12 bits per heavy atom. The van der Waals surface area contributed by atoms with Crippen LogP contribution < -0.4 is 10.1 Å². The second-order valence-corrected chi connectivity index (χ2v) is 3.41. The maximum absolute atomic E-state index is 5.52. The summed E-state index contributed by atoms with van der Waals surface area (Å²) in [6, 6.07) is 9.86. The van der Waals surface area contributed by atoms with Crippen molar-refractivity contribution in [2.24, 2.45) is 0 Å². The van der Waals surface area contributed by atoms with Crippen molar-refractivity contribution < 1.29 is 9.15 Å². The number of hydrogen-bond donors (Lipinski definition) is 1. The number of nitrogens with one attached hydrogen (secondary N) is 1. The van der Waals surface area contributed by atoms with E-state index in [-0.39, 0.29) is 0 Å². The van der Waals surface area contributed by atoms with Crippen LogP contribution in [0.1, 0.15) is 12.5 Å². The van der Waals surface area contributed by atoms with E-state index >= 15 is 0 Å². The zero-order chi connectivity index (χ0) is 11.2. The first kappa shape index (κ1) is 10.6. The molecule has 0 radical (unpaired) electrons. The highest BCUT2D eigenvalue weighted by Crippen LogP contribution is 2.24. The van der Waals surface area contributed by atoms with Gasteiger partial charge in [-0.1, -0.05) is 12.1 Å². The molecule has 1 aromatic heterocycles. The predicted molar refractivity (Wildman–Crippen MR) is 63.6 cm³/mol. The quantitative estimate of drug-likeness (QED) is 0.834. The molecule has 1 aromatic carbocycles. The van der Waals surface area contributed by atoms with E-state index < -0.39 is 0 Å². The molecule has 3 heteroatoms. The largest absolute Gasteiger partial charge is 0.492 e. The number of hydrogen-bond acceptors (Lipinski definition) is 3. The molecule has 0 saturated heterocycles. The average molecular weight is 217 g/mol. The topological polar surface area (TPSA) is 34.4 Å². The van der Waals surface area contributed by atoms with E-state index in [1.807, 2.05) is 37.3 Å². The third-order valence-corrected chi connectivity index (χ3v) is 2.25. The fraction of sp³-hybridized carbons (Fsp3) is 0.231. The molecular weight excluding hydrogens is 202 g/mol. The molecule has 16 heavy (non-hydrogen) atoms. The van der Waals surface area contributed by atoms with Crippen molar-refractivity contribution in [3.05, 3.63) is 48.4 Å². The summed E-state index contributed by atoms with van der Waals surface area (Å²) in [6.45, 7) is 3.39. The molecule has 84 valence electrons. The van der Waals surface area contributed by atoms with Gasteiger partial charge in [-0.25, -0.2) is 0 Å². The first-order valence-corrected chi connectivity index (χ1v) is 5.37. The van der Waals surface area contributed by atoms with Crippen molar-refractivity contribution in [1.82, 2.24) is 0 Å². The summed E-state index contributed by atoms with van der Waals surface area (Å²) in [6.07, 6.45) is 3.40. The summed E-state index contributed by atoms with van der Waals surface area (Å²) in [5.74, 6) is 0.883. The Balaban J connectivity index is 2.03. The lowest BCUT2D eigenvalue weighted by Crippen LogP contribution is -2.01. The molecule has 0 aliphatic rings. The molecule has 0 fully saturated rings. The van der Waals surface area contributed by atoms with E-state index in [0.717, 1.165) is 23.5 Å². The SMILES string of the molecule is CCOc1ccccc1NCc1ccoc1. The number of benzene rings is 1. The lowest BCUT2D eigenvalue weighted by molar-refractivity contribution is 0.341. The minimum Gasteiger partial charge on any atom is -0.492 e. The van der Waals surface area contributed by atoms with E-state index in [9.17, 15) is 0 Å². The maximum atomic E-state index is 5.52. The summed E-state index contributed by atoms with van der Waals surface area (Å²) in [5.41, 5.74) is 2.12. The van der Waals surface area contributed by atoms with Crippen LogP contribution in [0.3, 0.4) is 0 Å². The summed E-state index contributed by atoms with van der Waals surface area (Å²) >= 11 is 0. The van der Waals surface area contributed by atoms with E-state index in [1.165, 1.54) is 0 Å². The van der Waals surface area contributed by atoms with Crippen LogP contribution in [0.25, 0.3) is 0 Å². The van der Waals surface area contributed by atoms with Gasteiger partial charge in [0, 0.05) is 12.1 Å². The number of furan rings is 1. The zero-order valence-corrected chi connectivity index (χ0v) is 9.27. The molecule has 2 aromatic rings. The van der Waals surface area contributed by atoms with Gasteiger partial charge in [0.1, 0.15) is 5.75 Å². The van der Waals surface area contributed by atoms with Crippen molar-refractivity contribution in [2.75, 3.05) is 11.9 Å². The van der Waals surface area contributed by atoms with Crippen molar-refractivity contribution >= 4 is 5.69 Å². The van der Waals surface area contributed by atoms with Crippen molar-refractivity contribution in [1.29, 1.82) is 0 Å². The monoisotopic (exact) mass is 217 g/mol. The highest BCUT2D eigenvalue weighted by atomic mass is 16.5. The Morgan fingerprint density at radius 1 is 1.25 bits per heavy atom. The van der Waals surface area contributed by atoms with Gasteiger partial charge in [0.25, 0.3) is 0 Å². The third-order valence-electron chi connectivity index (χ3n) is 2.25. The first-order chi connectivity index (χ1) is 7.90. The number of anilines is 1. The third kappa shape index (κ3) is 2.57. The van der Waals surface area contributed by atoms with Gasteiger partial charge in [-0.05, 0) is 25.1 Å². The summed E-state index contributed by atoms with van der Waals surface area (Å²) in [5, 5.41) is 3.32. The Hall–Kier alpha value is -1.90. The highest BCUT2D eigenvalue weighted by molar-refractivity contribution is 5.56. The fourth-order valence-corrected chi connectivity index (χ4v) is 1.48. The molecule has 0 saturated carbocycles. The van der Waals surface area contributed by atoms with Crippen molar-refractivity contribution in [3.8, 4) is 5.75 Å². The van der Waals surface area contributed by atoms with Crippen LogP contribution in [-0.4, -0.2) is 6.61 Å². The second kappa shape index (κ2) is 5.26. The normalized spacial score (nSPS) is 10.1. The lowest BCUT2D eigenvalue weighted by atomic mass is 10.2. The number of rotatable bonds is 5. The van der Waals surface area contributed by atoms with Gasteiger partial charge in [-0.15, -0.1) is 0 Å². The Labute approximate surface area is 95.0 Å². The molecule has 3 nitrogen and oxygen atoms in total. The number of ether oxygens (including phenoxy) is 1. The van der Waals surface area contributed by atoms with Crippen LogP contribution in [-0.2, 0) is 6.54 Å². The van der Waals surface area contributed by atoms with E-state index in [2.05, 4.69) is 5.32 Å². The minimum absolute atomic E-state index is 0.671. The smallest absolute Gasteiger partial charge is 0.142 e. The molecule has 0 aliphatic carbocycles. The van der Waals surface area contributed by atoms with Gasteiger partial charge in [0.15, 0.2) is 0 Å². The molecule has 0 unspecified atom stereocenters. The van der Waals surface area contributed by atoms with Crippen molar-refractivity contribution in [3.63, 3.8) is 0 Å². The molecule has 2 rings (SSSR count). The number of para-hydroxylation sites is 2. The zero-order valence-electron chi connectivity index (χ0n) is 9.27. The van der Waals surface area contributed by atoms with E-state index in [1.54, 1.807) is 12.5 Å². The fourth-order valence-electron chi connectivity index (χ4n) is 1.48. The standard InChI is InChI=1S/C13H15NO2/c1-2-16-13-6-4-3-5-12(13)14-9-11-7-8-15-10-11/h3-8,10,14H,2,9H2,1H3. The predicted octanol–water partition coefficient (Wildman–Crippen LogP) is 3.29. The van der Waals surface area contributed by atoms with Gasteiger partial charge >= 0.3 is 0 Å². The second-order valence-electron chi connectivity index (χ2n) is 3.41. The Bertz CT molecular complexity index is 423. The molecule has 0 aliphatic heterocycles. The molecule has 1 heterocycles. The van der Waals surface area contributed by atoms with Crippen LogP contribution in [0.4, 0.5) is 5.69 Å². The maximum Gasteiger partial charge on any atom is 0.142 e. The van der Waals surface area contributed by atoms with Crippen LogP contribution in [0.5, 0.6) is 5.75 Å². The Kier molecular flexibility index (Phi) is 3.49. The van der Waals surface area contributed by atoms with Crippen LogP contribution in [0, 0.1) is 0 Å². The minimum atomic E-state index is 0.671. The van der Waals surface area contributed by atoms with Crippen LogP contribution in [0.15, 0.2) is 47.3 Å². The summed E-state index contributed by atoms with van der Waals surface area (Å²) < 4.78 is 10.5. The van der Waals surface area contributed by atoms with Gasteiger partial charge in [0.05, 0.1) is 24.8 Å². The first-order valence-electron chi connectivity index (χ1n) is 5.37. The molecular formula is C13H15NO2. The van der Waals surface area contributed by atoms with Gasteiger partial charge < -0.3 is 14.5 Å². The van der Waals surface area contributed by atoms with Gasteiger partial charge in [-0.3, -0.25) is 0 Å². The average Bonchev–Trinajstić information content (AvgIpc) is 2.81. The van der Waals surface area contributed by atoms with E-state index in [4.69, 9.17) is 9.15 Å². The molecule has 0 bridgehead atoms. The van der Waals surface area contributed by atoms with Gasteiger partial charge in [-0.2, -0.15) is 0 Å². The van der Waals surface area contributed by atoms with Crippen LogP contribution in [0.2, 0.25) is 0 Å². The highest BCUT2D eigenvalue weighted by Gasteiger charge is 2.01. The van der Waals surface area contributed by atoms with Crippen molar-refractivity contribution in [2.45, 2.75) is 13.5 Å². The molecule has 1 N–H and O–H groups in total. The Morgan fingerprint density at radius 3 is 2.88 bits per heavy atom. The molecule has 0 atom stereocenters. The van der Waals surface area contributed by atoms with Gasteiger partial charge in [0.2, 0.25) is 0 Å².